The summed E-state index contributed by atoms with van der Waals surface area (Å²) in [6.45, 7) is 0.773. The van der Waals surface area contributed by atoms with Crippen LogP contribution in [0.2, 0.25) is 0 Å². The van der Waals surface area contributed by atoms with Crippen LogP contribution >= 0.6 is 0 Å². The highest BCUT2D eigenvalue weighted by Crippen LogP contribution is 2.15. The molecule has 0 bridgehead atoms. The van der Waals surface area contributed by atoms with Gasteiger partial charge in [0.2, 0.25) is 0 Å². The minimum absolute atomic E-state index is 0.148. The molecule has 0 spiro atoms. The van der Waals surface area contributed by atoms with Gasteiger partial charge in [0.1, 0.15) is 18.3 Å². The summed E-state index contributed by atoms with van der Waals surface area (Å²) in [5.74, 6) is -0.601. The zero-order valence-electron chi connectivity index (χ0n) is 19.6. The molecule has 0 aliphatic carbocycles. The molecular weight excluding hydrogens is 400 g/mol. The van der Waals surface area contributed by atoms with Crippen molar-refractivity contribution in [3.05, 3.63) is 0 Å². The summed E-state index contributed by atoms with van der Waals surface area (Å²) in [5.41, 5.74) is 0. The van der Waals surface area contributed by atoms with E-state index in [1.807, 2.05) is 0 Å². The molecule has 0 aliphatic rings. The van der Waals surface area contributed by atoms with E-state index in [0.717, 1.165) is 19.3 Å². The molecule has 0 aromatic rings. The summed E-state index contributed by atoms with van der Waals surface area (Å²) in [4.78, 5) is 12.0. The van der Waals surface area contributed by atoms with Gasteiger partial charge in [-0.25, -0.2) is 0 Å². The molecule has 0 saturated heterocycles. The third-order valence-electron chi connectivity index (χ3n) is 5.74. The van der Waals surface area contributed by atoms with Crippen molar-refractivity contribution in [1.29, 1.82) is 0 Å². The lowest BCUT2D eigenvalue weighted by atomic mass is 10.0. The highest BCUT2D eigenvalue weighted by atomic mass is 16.6. The van der Waals surface area contributed by atoms with Crippen LogP contribution in [0.1, 0.15) is 110 Å². The number of hydrogen-bond acceptors (Lipinski definition) is 7. The van der Waals surface area contributed by atoms with E-state index >= 15 is 0 Å². The number of hydrogen-bond donors (Lipinski definition) is 5. The second-order valence-electron chi connectivity index (χ2n) is 8.64. The van der Waals surface area contributed by atoms with E-state index < -0.39 is 43.6 Å². The summed E-state index contributed by atoms with van der Waals surface area (Å²) >= 11 is 0. The Hall–Kier alpha value is -0.730. The zero-order chi connectivity index (χ0) is 23.3. The van der Waals surface area contributed by atoms with Crippen LogP contribution in [-0.4, -0.2) is 69.1 Å². The van der Waals surface area contributed by atoms with E-state index in [4.69, 9.17) is 14.9 Å². The van der Waals surface area contributed by atoms with Crippen molar-refractivity contribution in [2.45, 2.75) is 134 Å². The molecule has 4 atom stereocenters. The minimum Gasteiger partial charge on any atom is -0.457 e. The van der Waals surface area contributed by atoms with E-state index in [0.29, 0.717) is 6.42 Å². The first-order valence-corrected chi connectivity index (χ1v) is 12.4. The Balaban J connectivity index is 3.67. The maximum Gasteiger partial charge on any atom is 0.306 e. The SMILES string of the molecule is CCCCCCCCCCCCCCCCCC(=O)O[C@@H]([C@H](O)[C@H](O)CO)[C@H](O)CO. The highest BCUT2D eigenvalue weighted by Gasteiger charge is 2.34. The van der Waals surface area contributed by atoms with Gasteiger partial charge in [-0.15, -0.1) is 0 Å². The van der Waals surface area contributed by atoms with Gasteiger partial charge in [-0.1, -0.05) is 96.8 Å². The van der Waals surface area contributed by atoms with Crippen LogP contribution in [0.15, 0.2) is 0 Å². The fraction of sp³-hybridized carbons (Fsp3) is 0.958. The molecule has 0 heterocycles. The van der Waals surface area contributed by atoms with Crippen molar-refractivity contribution in [1.82, 2.24) is 0 Å². The maximum absolute atomic E-state index is 12.0. The number of rotatable bonds is 22. The van der Waals surface area contributed by atoms with Crippen LogP contribution < -0.4 is 0 Å². The highest BCUT2D eigenvalue weighted by molar-refractivity contribution is 5.69. The fourth-order valence-corrected chi connectivity index (χ4v) is 3.66. The normalized spacial score (nSPS) is 15.4. The van der Waals surface area contributed by atoms with E-state index in [9.17, 15) is 20.1 Å². The number of aliphatic hydroxyl groups is 5. The first-order valence-electron chi connectivity index (χ1n) is 12.4. The molecule has 0 fully saturated rings. The average Bonchev–Trinajstić information content (AvgIpc) is 2.78. The molecule has 0 rings (SSSR count). The third kappa shape index (κ3) is 16.5. The summed E-state index contributed by atoms with van der Waals surface area (Å²) < 4.78 is 5.04. The summed E-state index contributed by atoms with van der Waals surface area (Å²) in [6, 6.07) is 0. The Morgan fingerprint density at radius 1 is 0.645 bits per heavy atom. The number of ether oxygens (including phenoxy) is 1. The van der Waals surface area contributed by atoms with Crippen molar-refractivity contribution >= 4 is 5.97 Å². The predicted molar refractivity (Wildman–Crippen MR) is 122 cm³/mol. The summed E-state index contributed by atoms with van der Waals surface area (Å²) in [6.07, 6.45) is 12.3. The summed E-state index contributed by atoms with van der Waals surface area (Å²) in [5, 5.41) is 47.0. The van der Waals surface area contributed by atoms with E-state index in [1.54, 1.807) is 0 Å². The number of unbranched alkanes of at least 4 members (excludes halogenated alkanes) is 14. The molecule has 0 aromatic heterocycles. The smallest absolute Gasteiger partial charge is 0.306 e. The van der Waals surface area contributed by atoms with Gasteiger partial charge in [0.15, 0.2) is 6.10 Å². The molecule has 31 heavy (non-hydrogen) atoms. The fourth-order valence-electron chi connectivity index (χ4n) is 3.66. The molecule has 0 radical (unpaired) electrons. The largest absolute Gasteiger partial charge is 0.457 e. The topological polar surface area (TPSA) is 127 Å². The lowest BCUT2D eigenvalue weighted by molar-refractivity contribution is -0.177. The van der Waals surface area contributed by atoms with Crippen LogP contribution in [0.4, 0.5) is 0 Å². The molecule has 7 heteroatoms. The first kappa shape index (κ1) is 30.3. The van der Waals surface area contributed by atoms with Crippen molar-refractivity contribution < 1.29 is 35.1 Å². The van der Waals surface area contributed by atoms with Gasteiger partial charge in [0, 0.05) is 6.42 Å². The second kappa shape index (κ2) is 21.1. The molecule has 0 amide bonds. The number of carbonyl (C=O) groups excluding carboxylic acids is 1. The van der Waals surface area contributed by atoms with Crippen molar-refractivity contribution in [3.63, 3.8) is 0 Å². The Bertz CT molecular complexity index is 405. The average molecular weight is 449 g/mol. The lowest BCUT2D eigenvalue weighted by Gasteiger charge is -2.28. The summed E-state index contributed by atoms with van der Waals surface area (Å²) in [7, 11) is 0. The molecular formula is C24H48O7. The van der Waals surface area contributed by atoms with Crippen LogP contribution in [0.3, 0.4) is 0 Å². The first-order chi connectivity index (χ1) is 15.0. The number of aliphatic hydroxyl groups excluding tert-OH is 5. The molecule has 186 valence electrons. The Labute approximate surface area is 188 Å². The van der Waals surface area contributed by atoms with Gasteiger partial charge < -0.3 is 30.3 Å². The van der Waals surface area contributed by atoms with Gasteiger partial charge in [0.05, 0.1) is 13.2 Å². The molecule has 0 aromatic carbocycles. The third-order valence-corrected chi connectivity index (χ3v) is 5.74. The van der Waals surface area contributed by atoms with Crippen LogP contribution in [0.5, 0.6) is 0 Å². The molecule has 7 nitrogen and oxygen atoms in total. The lowest BCUT2D eigenvalue weighted by Crippen LogP contribution is -2.49. The van der Waals surface area contributed by atoms with Gasteiger partial charge in [0.25, 0.3) is 0 Å². The van der Waals surface area contributed by atoms with Crippen LogP contribution in [-0.2, 0) is 9.53 Å². The minimum atomic E-state index is -1.67. The monoisotopic (exact) mass is 448 g/mol. The van der Waals surface area contributed by atoms with Gasteiger partial charge in [-0.05, 0) is 6.42 Å². The molecule has 0 unspecified atom stereocenters. The number of esters is 1. The second-order valence-corrected chi connectivity index (χ2v) is 8.64. The van der Waals surface area contributed by atoms with Crippen LogP contribution in [0, 0.1) is 0 Å². The van der Waals surface area contributed by atoms with E-state index in [-0.39, 0.29) is 6.42 Å². The molecule has 0 aliphatic heterocycles. The van der Waals surface area contributed by atoms with Crippen molar-refractivity contribution in [3.8, 4) is 0 Å². The Morgan fingerprint density at radius 3 is 1.42 bits per heavy atom. The van der Waals surface area contributed by atoms with E-state index in [1.165, 1.54) is 70.6 Å². The predicted octanol–water partition coefficient (Wildman–Crippen LogP) is 3.23. The van der Waals surface area contributed by atoms with Gasteiger partial charge >= 0.3 is 5.97 Å². The van der Waals surface area contributed by atoms with Gasteiger partial charge in [-0.2, -0.15) is 0 Å². The van der Waals surface area contributed by atoms with Crippen molar-refractivity contribution in [2.75, 3.05) is 13.2 Å². The molecule has 5 N–H and O–H groups in total. The van der Waals surface area contributed by atoms with E-state index in [2.05, 4.69) is 6.92 Å². The van der Waals surface area contributed by atoms with Gasteiger partial charge in [-0.3, -0.25) is 4.79 Å². The number of carbonyl (C=O) groups is 1. The standard InChI is InChI=1S/C24H48O7/c1-2-3-4-5-6-7-8-9-10-11-12-13-14-15-16-17-22(29)31-24(21(28)19-26)23(30)20(27)18-25/h20-21,23-28,30H,2-19H2,1H3/t20-,21-,23-,24-/m1/s1. The zero-order valence-corrected chi connectivity index (χ0v) is 19.6. The molecule has 0 saturated carbocycles. The quantitative estimate of drug-likeness (QED) is 0.127. The maximum atomic E-state index is 12.0. The Morgan fingerprint density at radius 2 is 1.03 bits per heavy atom. The van der Waals surface area contributed by atoms with Crippen LogP contribution in [0.25, 0.3) is 0 Å². The Kier molecular flexibility index (Phi) is 20.6. The van der Waals surface area contributed by atoms with Crippen molar-refractivity contribution in [2.24, 2.45) is 0 Å².